The third-order valence-electron chi connectivity index (χ3n) is 5.28. The molecule has 2 aromatic rings. The molecule has 1 aliphatic rings. The normalized spacial score (nSPS) is 18.0. The van der Waals surface area contributed by atoms with Gasteiger partial charge in [-0.3, -0.25) is 14.4 Å². The van der Waals surface area contributed by atoms with Gasteiger partial charge in [0.05, 0.1) is 11.8 Å². The van der Waals surface area contributed by atoms with Gasteiger partial charge < -0.3 is 15.3 Å². The highest BCUT2D eigenvalue weighted by Crippen LogP contribution is 2.46. The number of likely N-dealkylation sites (N-methyl/N-ethyl adjacent to an activating group) is 1. The van der Waals surface area contributed by atoms with Crippen molar-refractivity contribution in [1.82, 2.24) is 5.32 Å². The number of carbonyl (C=O) groups excluding carboxylic acids is 2. The molecule has 0 saturated carbocycles. The Labute approximate surface area is 164 Å². The van der Waals surface area contributed by atoms with E-state index >= 15 is 0 Å². The van der Waals surface area contributed by atoms with Gasteiger partial charge in [0.15, 0.2) is 0 Å². The first-order valence-corrected chi connectivity index (χ1v) is 9.34. The number of aliphatic carboxylic acids is 1. The Morgan fingerprint density at radius 3 is 2.43 bits per heavy atom. The van der Waals surface area contributed by atoms with Gasteiger partial charge in [0, 0.05) is 25.7 Å². The number of hydrogen-bond acceptors (Lipinski definition) is 3. The molecule has 0 radical (unpaired) electrons. The molecule has 0 bridgehead atoms. The molecule has 0 saturated heterocycles. The van der Waals surface area contributed by atoms with E-state index in [0.717, 1.165) is 16.8 Å². The first kappa shape index (κ1) is 19.6. The van der Waals surface area contributed by atoms with Crippen molar-refractivity contribution in [3.05, 3.63) is 65.7 Å². The molecule has 1 unspecified atom stereocenters. The number of rotatable bonds is 8. The summed E-state index contributed by atoms with van der Waals surface area (Å²) in [4.78, 5) is 37.9. The van der Waals surface area contributed by atoms with Gasteiger partial charge in [-0.15, -0.1) is 0 Å². The summed E-state index contributed by atoms with van der Waals surface area (Å²) in [7, 11) is 1.76. The molecule has 2 N–H and O–H groups in total. The fraction of sp³-hybridized carbons (Fsp3) is 0.318. The predicted molar refractivity (Wildman–Crippen MR) is 106 cm³/mol. The third kappa shape index (κ3) is 3.91. The summed E-state index contributed by atoms with van der Waals surface area (Å²) in [6.07, 6.45) is 0.906. The molecule has 6 heteroatoms. The van der Waals surface area contributed by atoms with Crippen molar-refractivity contribution in [3.8, 4) is 0 Å². The summed E-state index contributed by atoms with van der Waals surface area (Å²) in [5, 5.41) is 11.3. The Bertz CT molecular complexity index is 881. The fourth-order valence-electron chi connectivity index (χ4n) is 3.89. The molecule has 2 amide bonds. The van der Waals surface area contributed by atoms with Crippen LogP contribution in [-0.2, 0) is 26.2 Å². The van der Waals surface area contributed by atoms with Gasteiger partial charge in [0.1, 0.15) is 0 Å². The molecule has 2 aromatic carbocycles. The van der Waals surface area contributed by atoms with Gasteiger partial charge in [-0.2, -0.15) is 0 Å². The molecular formula is C22H24N2O4. The van der Waals surface area contributed by atoms with Gasteiger partial charge >= 0.3 is 5.97 Å². The number of amides is 2. The van der Waals surface area contributed by atoms with Crippen molar-refractivity contribution < 1.29 is 19.5 Å². The molecule has 0 spiro atoms. The maximum Gasteiger partial charge on any atom is 0.305 e. The number of benzene rings is 2. The Kier molecular flexibility index (Phi) is 5.78. The first-order chi connectivity index (χ1) is 13.4. The van der Waals surface area contributed by atoms with Crippen molar-refractivity contribution in [2.45, 2.75) is 31.1 Å². The van der Waals surface area contributed by atoms with E-state index in [0.29, 0.717) is 12.8 Å². The Morgan fingerprint density at radius 1 is 1.04 bits per heavy atom. The minimum absolute atomic E-state index is 0.0177. The lowest BCUT2D eigenvalue weighted by Gasteiger charge is -2.28. The number of para-hydroxylation sites is 1. The summed E-state index contributed by atoms with van der Waals surface area (Å²) in [5.74, 6) is -1.22. The van der Waals surface area contributed by atoms with E-state index in [9.17, 15) is 14.4 Å². The maximum atomic E-state index is 13.3. The summed E-state index contributed by atoms with van der Waals surface area (Å²) < 4.78 is 0. The largest absolute Gasteiger partial charge is 0.481 e. The van der Waals surface area contributed by atoms with Crippen LogP contribution >= 0.6 is 0 Å². The average molecular weight is 380 g/mol. The van der Waals surface area contributed by atoms with Crippen molar-refractivity contribution in [2.24, 2.45) is 0 Å². The highest BCUT2D eigenvalue weighted by atomic mass is 16.4. The molecule has 1 aliphatic heterocycles. The quantitative estimate of drug-likeness (QED) is 0.737. The maximum absolute atomic E-state index is 13.3. The highest BCUT2D eigenvalue weighted by molar-refractivity contribution is 6.08. The minimum Gasteiger partial charge on any atom is -0.481 e. The standard InChI is InChI=1S/C22H24N2O4/c1-24-18-10-6-5-9-17(18)22(21(24)28,15-16-7-3-2-4-8-16)13-11-19(25)23-14-12-20(26)27/h2-10H,11-15H2,1H3,(H,23,25)(H,26,27). The highest BCUT2D eigenvalue weighted by Gasteiger charge is 2.49. The Balaban J connectivity index is 1.85. The molecule has 0 aliphatic carbocycles. The molecule has 146 valence electrons. The molecule has 28 heavy (non-hydrogen) atoms. The Hall–Kier alpha value is -3.15. The zero-order chi connectivity index (χ0) is 20.1. The van der Waals surface area contributed by atoms with Crippen LogP contribution in [0.3, 0.4) is 0 Å². The lowest BCUT2D eigenvalue weighted by atomic mass is 9.73. The van der Waals surface area contributed by atoms with E-state index < -0.39 is 11.4 Å². The molecule has 0 fully saturated rings. The summed E-state index contributed by atoms with van der Waals surface area (Å²) in [6.45, 7) is 0.0876. The van der Waals surface area contributed by atoms with E-state index in [2.05, 4.69) is 5.32 Å². The van der Waals surface area contributed by atoms with E-state index in [1.165, 1.54) is 0 Å². The number of carboxylic acids is 1. The van der Waals surface area contributed by atoms with Crippen LogP contribution < -0.4 is 10.2 Å². The van der Waals surface area contributed by atoms with Crippen molar-refractivity contribution in [1.29, 1.82) is 0 Å². The molecule has 6 nitrogen and oxygen atoms in total. The molecule has 1 atom stereocenters. The predicted octanol–water partition coefficient (Wildman–Crippen LogP) is 2.51. The van der Waals surface area contributed by atoms with Crippen LogP contribution in [0.1, 0.15) is 30.4 Å². The minimum atomic E-state index is -0.956. The van der Waals surface area contributed by atoms with E-state index in [1.807, 2.05) is 54.6 Å². The second-order valence-electron chi connectivity index (χ2n) is 7.12. The number of carboxylic acid groups (broad SMARTS) is 1. The zero-order valence-electron chi connectivity index (χ0n) is 15.9. The summed E-state index contributed by atoms with van der Waals surface area (Å²) in [6, 6.07) is 17.5. The van der Waals surface area contributed by atoms with Gasteiger partial charge in [-0.05, 0) is 30.0 Å². The van der Waals surface area contributed by atoms with Gasteiger partial charge in [0.2, 0.25) is 11.8 Å². The molecule has 3 rings (SSSR count). The topological polar surface area (TPSA) is 86.7 Å². The van der Waals surface area contributed by atoms with Crippen molar-refractivity contribution >= 4 is 23.5 Å². The van der Waals surface area contributed by atoms with Gasteiger partial charge in [-0.25, -0.2) is 0 Å². The third-order valence-corrected chi connectivity index (χ3v) is 5.28. The van der Waals surface area contributed by atoms with Gasteiger partial charge in [0.25, 0.3) is 0 Å². The second-order valence-corrected chi connectivity index (χ2v) is 7.12. The first-order valence-electron chi connectivity index (χ1n) is 9.34. The van der Waals surface area contributed by atoms with Crippen LogP contribution in [0, 0.1) is 0 Å². The molecule has 0 aromatic heterocycles. The number of fused-ring (bicyclic) bond motifs is 1. The smallest absolute Gasteiger partial charge is 0.305 e. The Morgan fingerprint density at radius 2 is 1.71 bits per heavy atom. The monoisotopic (exact) mass is 380 g/mol. The van der Waals surface area contributed by atoms with Crippen LogP contribution in [-0.4, -0.2) is 36.5 Å². The molecular weight excluding hydrogens is 356 g/mol. The number of hydrogen-bond donors (Lipinski definition) is 2. The number of nitrogens with one attached hydrogen (secondary N) is 1. The van der Waals surface area contributed by atoms with E-state index in [-0.39, 0.29) is 31.2 Å². The summed E-state index contributed by atoms with van der Waals surface area (Å²) >= 11 is 0. The average Bonchev–Trinajstić information content (AvgIpc) is 2.90. The van der Waals surface area contributed by atoms with Gasteiger partial charge in [-0.1, -0.05) is 48.5 Å². The van der Waals surface area contributed by atoms with E-state index in [1.54, 1.807) is 11.9 Å². The van der Waals surface area contributed by atoms with Crippen molar-refractivity contribution in [2.75, 3.05) is 18.5 Å². The van der Waals surface area contributed by atoms with Crippen LogP contribution in [0.2, 0.25) is 0 Å². The lowest BCUT2D eigenvalue weighted by Crippen LogP contribution is -2.41. The number of carbonyl (C=O) groups is 3. The number of anilines is 1. The zero-order valence-corrected chi connectivity index (χ0v) is 15.9. The van der Waals surface area contributed by atoms with Crippen LogP contribution in [0.25, 0.3) is 0 Å². The fourth-order valence-corrected chi connectivity index (χ4v) is 3.89. The van der Waals surface area contributed by atoms with Crippen molar-refractivity contribution in [3.63, 3.8) is 0 Å². The lowest BCUT2D eigenvalue weighted by molar-refractivity contribution is -0.137. The number of nitrogens with zero attached hydrogens (tertiary/aromatic N) is 1. The van der Waals surface area contributed by atoms with Crippen LogP contribution in [0.5, 0.6) is 0 Å². The second kappa shape index (κ2) is 8.25. The summed E-state index contributed by atoms with van der Waals surface area (Å²) in [5.41, 5.74) is 2.03. The molecule has 1 heterocycles. The SMILES string of the molecule is CN1C(=O)C(CCC(=O)NCCC(=O)O)(Cc2ccccc2)c2ccccc21. The van der Waals surface area contributed by atoms with Crippen LogP contribution in [0.4, 0.5) is 5.69 Å². The van der Waals surface area contributed by atoms with Crippen LogP contribution in [0.15, 0.2) is 54.6 Å². The van der Waals surface area contributed by atoms with E-state index in [4.69, 9.17) is 5.11 Å².